The third-order valence-electron chi connectivity index (χ3n) is 3.44. The van der Waals surface area contributed by atoms with Crippen molar-refractivity contribution in [3.63, 3.8) is 0 Å². The molecule has 17 heavy (non-hydrogen) atoms. The Labute approximate surface area is 102 Å². The Kier molecular flexibility index (Phi) is 3.48. The summed E-state index contributed by atoms with van der Waals surface area (Å²) in [4.78, 5) is 13.3. The molecular weight excluding hydrogens is 214 g/mol. The van der Waals surface area contributed by atoms with Crippen molar-refractivity contribution in [2.24, 2.45) is 5.92 Å². The zero-order valence-electron chi connectivity index (χ0n) is 10.4. The minimum Gasteiger partial charge on any atom is -0.478 e. The summed E-state index contributed by atoms with van der Waals surface area (Å²) in [6, 6.07) is 5.65. The molecule has 0 saturated heterocycles. The third-order valence-corrected chi connectivity index (χ3v) is 3.44. The second kappa shape index (κ2) is 4.88. The van der Waals surface area contributed by atoms with Crippen LogP contribution in [0.3, 0.4) is 0 Å². The van der Waals surface area contributed by atoms with Crippen LogP contribution in [0.25, 0.3) is 0 Å². The van der Waals surface area contributed by atoms with E-state index < -0.39 is 5.97 Å². The lowest BCUT2D eigenvalue weighted by molar-refractivity contribution is 0.0695. The highest BCUT2D eigenvalue weighted by Gasteiger charge is 2.22. The fourth-order valence-electron chi connectivity index (χ4n) is 2.76. The third kappa shape index (κ3) is 2.67. The average Bonchev–Trinajstić information content (AvgIpc) is 2.26. The second-order valence-corrected chi connectivity index (χ2v) is 5.12. The molecule has 0 aromatic heterocycles. The van der Waals surface area contributed by atoms with Crippen molar-refractivity contribution in [3.8, 4) is 0 Å². The van der Waals surface area contributed by atoms with E-state index in [-0.39, 0.29) is 0 Å². The minimum atomic E-state index is -0.798. The second-order valence-electron chi connectivity index (χ2n) is 5.12. The van der Waals surface area contributed by atoms with Crippen LogP contribution in [0.5, 0.6) is 0 Å². The van der Waals surface area contributed by atoms with Gasteiger partial charge in [0.1, 0.15) is 0 Å². The van der Waals surface area contributed by atoms with E-state index in [4.69, 9.17) is 5.11 Å². The van der Waals surface area contributed by atoms with Crippen LogP contribution in [-0.2, 0) is 12.8 Å². The average molecular weight is 233 g/mol. The van der Waals surface area contributed by atoms with Crippen LogP contribution in [0.15, 0.2) is 18.2 Å². The van der Waals surface area contributed by atoms with Gasteiger partial charge in [0.05, 0.1) is 5.56 Å². The predicted molar refractivity (Wildman–Crippen MR) is 67.5 cm³/mol. The molecule has 1 aromatic rings. The molecule has 3 heteroatoms. The van der Waals surface area contributed by atoms with Gasteiger partial charge >= 0.3 is 5.97 Å². The van der Waals surface area contributed by atoms with Gasteiger partial charge in [0.25, 0.3) is 0 Å². The highest BCUT2D eigenvalue weighted by molar-refractivity contribution is 5.89. The fraction of sp³-hybridized carbons (Fsp3) is 0.500. The topological polar surface area (TPSA) is 40.5 Å². The molecule has 1 aromatic carbocycles. The number of hydrogen-bond donors (Lipinski definition) is 1. The van der Waals surface area contributed by atoms with E-state index in [1.807, 2.05) is 6.07 Å². The normalized spacial score (nSPS) is 19.1. The lowest BCUT2D eigenvalue weighted by Crippen LogP contribution is -2.27. The summed E-state index contributed by atoms with van der Waals surface area (Å²) in [6.07, 6.45) is 3.00. The molecule has 2 rings (SSSR count). The lowest BCUT2D eigenvalue weighted by atomic mass is 9.81. The van der Waals surface area contributed by atoms with Crippen molar-refractivity contribution in [2.45, 2.75) is 19.3 Å². The first-order chi connectivity index (χ1) is 8.08. The van der Waals surface area contributed by atoms with E-state index in [1.165, 1.54) is 5.56 Å². The van der Waals surface area contributed by atoms with Crippen molar-refractivity contribution in [1.29, 1.82) is 0 Å². The quantitative estimate of drug-likeness (QED) is 0.868. The molecule has 1 N–H and O–H groups in total. The van der Waals surface area contributed by atoms with Crippen LogP contribution in [-0.4, -0.2) is 36.6 Å². The molecule has 0 saturated carbocycles. The van der Waals surface area contributed by atoms with E-state index in [0.29, 0.717) is 11.5 Å². The van der Waals surface area contributed by atoms with Crippen LogP contribution >= 0.6 is 0 Å². The van der Waals surface area contributed by atoms with Gasteiger partial charge in [-0.05, 0) is 56.5 Å². The number of fused-ring (bicyclic) bond motifs is 1. The fourth-order valence-corrected chi connectivity index (χ4v) is 2.76. The van der Waals surface area contributed by atoms with E-state index in [0.717, 1.165) is 31.4 Å². The van der Waals surface area contributed by atoms with Gasteiger partial charge in [-0.1, -0.05) is 12.1 Å². The SMILES string of the molecule is CN(C)CC1CCc2c(cccc2C(=O)O)C1. The maximum Gasteiger partial charge on any atom is 0.335 e. The van der Waals surface area contributed by atoms with E-state index in [9.17, 15) is 4.79 Å². The Morgan fingerprint density at radius 1 is 1.47 bits per heavy atom. The summed E-state index contributed by atoms with van der Waals surface area (Å²) in [5.41, 5.74) is 2.77. The zero-order valence-corrected chi connectivity index (χ0v) is 10.4. The Balaban J connectivity index is 2.22. The van der Waals surface area contributed by atoms with Crippen molar-refractivity contribution >= 4 is 5.97 Å². The van der Waals surface area contributed by atoms with E-state index >= 15 is 0 Å². The molecule has 0 amide bonds. The first kappa shape index (κ1) is 12.1. The van der Waals surface area contributed by atoms with Gasteiger partial charge in [-0.15, -0.1) is 0 Å². The highest BCUT2D eigenvalue weighted by atomic mass is 16.4. The predicted octanol–water partition coefficient (Wildman–Crippen LogP) is 2.05. The van der Waals surface area contributed by atoms with Crippen molar-refractivity contribution < 1.29 is 9.90 Å². The molecule has 1 aliphatic carbocycles. The molecule has 92 valence electrons. The molecular formula is C14H19NO2. The van der Waals surface area contributed by atoms with Gasteiger partial charge < -0.3 is 10.0 Å². The van der Waals surface area contributed by atoms with Crippen LogP contribution in [0.2, 0.25) is 0 Å². The number of benzene rings is 1. The van der Waals surface area contributed by atoms with Gasteiger partial charge in [0, 0.05) is 6.54 Å². The summed E-state index contributed by atoms with van der Waals surface area (Å²) < 4.78 is 0. The van der Waals surface area contributed by atoms with Crippen molar-refractivity contribution in [1.82, 2.24) is 4.90 Å². The van der Waals surface area contributed by atoms with Gasteiger partial charge in [-0.25, -0.2) is 4.79 Å². The first-order valence-corrected chi connectivity index (χ1v) is 6.06. The van der Waals surface area contributed by atoms with Crippen molar-refractivity contribution in [3.05, 3.63) is 34.9 Å². The van der Waals surface area contributed by atoms with Crippen LogP contribution in [0.4, 0.5) is 0 Å². The summed E-state index contributed by atoms with van der Waals surface area (Å²) in [5, 5.41) is 9.14. The van der Waals surface area contributed by atoms with Crippen molar-refractivity contribution in [2.75, 3.05) is 20.6 Å². The van der Waals surface area contributed by atoms with Crippen LogP contribution in [0.1, 0.15) is 27.9 Å². The standard InChI is InChI=1S/C14H19NO2/c1-15(2)9-10-6-7-12-11(8-10)4-3-5-13(12)14(16)17/h3-5,10H,6-9H2,1-2H3,(H,16,17). The molecule has 3 nitrogen and oxygen atoms in total. The first-order valence-electron chi connectivity index (χ1n) is 6.06. The lowest BCUT2D eigenvalue weighted by Gasteiger charge is -2.27. The molecule has 1 aliphatic rings. The monoisotopic (exact) mass is 233 g/mol. The number of carboxylic acids is 1. The summed E-state index contributed by atoms with van der Waals surface area (Å²) in [6.45, 7) is 1.08. The zero-order chi connectivity index (χ0) is 12.4. The molecule has 0 spiro atoms. The molecule has 0 aliphatic heterocycles. The summed E-state index contributed by atoms with van der Waals surface area (Å²) in [7, 11) is 4.17. The summed E-state index contributed by atoms with van der Waals surface area (Å²) in [5.74, 6) is -0.144. The van der Waals surface area contributed by atoms with E-state index in [1.54, 1.807) is 6.07 Å². The van der Waals surface area contributed by atoms with Gasteiger partial charge in [-0.2, -0.15) is 0 Å². The van der Waals surface area contributed by atoms with E-state index in [2.05, 4.69) is 25.1 Å². The largest absolute Gasteiger partial charge is 0.478 e. The molecule has 0 radical (unpaired) electrons. The molecule has 1 unspecified atom stereocenters. The smallest absolute Gasteiger partial charge is 0.335 e. The maximum atomic E-state index is 11.1. The molecule has 0 heterocycles. The van der Waals surface area contributed by atoms with Crippen LogP contribution in [0, 0.1) is 5.92 Å². The Hall–Kier alpha value is -1.35. The van der Waals surface area contributed by atoms with Crippen LogP contribution < -0.4 is 0 Å². The maximum absolute atomic E-state index is 11.1. The Bertz CT molecular complexity index is 426. The summed E-state index contributed by atoms with van der Waals surface area (Å²) >= 11 is 0. The number of rotatable bonds is 3. The molecule has 0 bridgehead atoms. The van der Waals surface area contributed by atoms with Gasteiger partial charge in [0.2, 0.25) is 0 Å². The Morgan fingerprint density at radius 2 is 2.24 bits per heavy atom. The molecule has 0 fully saturated rings. The number of aromatic carboxylic acids is 1. The number of nitrogens with zero attached hydrogens (tertiary/aromatic N) is 1. The number of carboxylic acid groups (broad SMARTS) is 1. The van der Waals surface area contributed by atoms with Gasteiger partial charge in [0.15, 0.2) is 0 Å². The minimum absolute atomic E-state index is 0.491. The molecule has 1 atom stereocenters. The number of hydrogen-bond acceptors (Lipinski definition) is 2. The highest BCUT2D eigenvalue weighted by Crippen LogP contribution is 2.28. The Morgan fingerprint density at radius 3 is 2.88 bits per heavy atom. The van der Waals surface area contributed by atoms with Gasteiger partial charge in [-0.3, -0.25) is 0 Å². The number of carbonyl (C=O) groups is 1.